The fraction of sp³-hybridized carbons (Fsp3) is 0.438. The number of rotatable bonds is 3. The minimum absolute atomic E-state index is 0.240. The molecule has 0 saturated carbocycles. The van der Waals surface area contributed by atoms with E-state index in [2.05, 4.69) is 15.1 Å². The number of nitrogens with zero attached hydrogens (tertiary/aromatic N) is 2. The third-order valence-corrected chi connectivity index (χ3v) is 6.54. The zero-order valence-electron chi connectivity index (χ0n) is 12.7. The Kier molecular flexibility index (Phi) is 4.31. The van der Waals surface area contributed by atoms with E-state index in [4.69, 9.17) is 0 Å². The largest absolute Gasteiger partial charge is 0.298 e. The molecule has 0 aliphatic carbocycles. The molecule has 1 atom stereocenters. The van der Waals surface area contributed by atoms with Crippen molar-refractivity contribution in [3.8, 4) is 11.3 Å². The van der Waals surface area contributed by atoms with E-state index in [0.717, 1.165) is 29.9 Å². The molecule has 22 heavy (non-hydrogen) atoms. The zero-order valence-corrected chi connectivity index (χ0v) is 13.5. The number of hydrogen-bond donors (Lipinski definition) is 1. The molecule has 2 aromatic rings. The van der Waals surface area contributed by atoms with Gasteiger partial charge in [-0.05, 0) is 25.5 Å². The summed E-state index contributed by atoms with van der Waals surface area (Å²) in [7, 11) is -2.94. The molecule has 0 radical (unpaired) electrons. The number of benzene rings is 1. The van der Waals surface area contributed by atoms with Crippen LogP contribution in [0, 0.1) is 0 Å². The van der Waals surface area contributed by atoms with Gasteiger partial charge in [-0.3, -0.25) is 10.00 Å². The van der Waals surface area contributed by atoms with E-state index in [1.807, 2.05) is 43.5 Å². The van der Waals surface area contributed by atoms with Crippen LogP contribution in [0.1, 0.15) is 18.9 Å². The third kappa shape index (κ3) is 3.23. The van der Waals surface area contributed by atoms with Gasteiger partial charge in [-0.15, -0.1) is 0 Å². The number of sulfone groups is 1. The summed E-state index contributed by atoms with van der Waals surface area (Å²) in [5.74, 6) is 0.243. The van der Waals surface area contributed by atoms with Crippen LogP contribution in [0.3, 0.4) is 0 Å². The van der Waals surface area contributed by atoms with E-state index in [0.29, 0.717) is 13.0 Å². The third-order valence-electron chi connectivity index (χ3n) is 4.33. The van der Waals surface area contributed by atoms with Crippen molar-refractivity contribution in [1.29, 1.82) is 0 Å². The Bertz CT molecular complexity index is 725. The highest BCUT2D eigenvalue weighted by Gasteiger charge is 2.26. The summed E-state index contributed by atoms with van der Waals surface area (Å²) in [5, 5.41) is 6.98. The van der Waals surface area contributed by atoms with E-state index in [-0.39, 0.29) is 11.0 Å². The van der Waals surface area contributed by atoms with E-state index in [1.54, 1.807) is 0 Å². The normalized spacial score (nSPS) is 22.3. The molecule has 1 aromatic heterocycles. The van der Waals surface area contributed by atoms with Crippen molar-refractivity contribution >= 4 is 9.84 Å². The Morgan fingerprint density at radius 1 is 1.27 bits per heavy atom. The summed E-state index contributed by atoms with van der Waals surface area (Å²) >= 11 is 0. The van der Waals surface area contributed by atoms with Crippen molar-refractivity contribution < 1.29 is 8.42 Å². The molecule has 2 heterocycles. The summed E-state index contributed by atoms with van der Waals surface area (Å²) in [6.45, 7) is 3.93. The molecule has 5 nitrogen and oxygen atoms in total. The highest BCUT2D eigenvalue weighted by atomic mass is 32.2. The van der Waals surface area contributed by atoms with Gasteiger partial charge in [0.1, 0.15) is 0 Å². The predicted octanol–water partition coefficient (Wildman–Crippen LogP) is 2.09. The quantitative estimate of drug-likeness (QED) is 0.941. The van der Waals surface area contributed by atoms with Gasteiger partial charge < -0.3 is 0 Å². The smallest absolute Gasteiger partial charge is 0.154 e. The Morgan fingerprint density at radius 2 is 2.05 bits per heavy atom. The van der Waals surface area contributed by atoms with Crippen molar-refractivity contribution in [2.75, 3.05) is 18.8 Å². The standard InChI is InChI=1S/C16H21N3O2S/c1-13-7-8-19(9-10-22(13,20)21)12-15-11-17-18-16(15)14-5-3-2-4-6-14/h2-6,11,13H,7-10,12H2,1H3,(H,17,18)/t13-/m1/s1. The second kappa shape index (κ2) is 6.22. The first-order valence-electron chi connectivity index (χ1n) is 7.58. The van der Waals surface area contributed by atoms with Crippen LogP contribution in [0.25, 0.3) is 11.3 Å². The molecule has 0 unspecified atom stereocenters. The van der Waals surface area contributed by atoms with Gasteiger partial charge in [0.2, 0.25) is 0 Å². The average molecular weight is 319 g/mol. The van der Waals surface area contributed by atoms with Crippen molar-refractivity contribution in [3.63, 3.8) is 0 Å². The van der Waals surface area contributed by atoms with E-state index in [9.17, 15) is 8.42 Å². The molecule has 1 aliphatic heterocycles. The average Bonchev–Trinajstić information content (AvgIpc) is 2.93. The molecule has 1 fully saturated rings. The minimum Gasteiger partial charge on any atom is -0.298 e. The molecule has 0 spiro atoms. The Hall–Kier alpha value is -1.66. The molecule has 1 saturated heterocycles. The molecule has 118 valence electrons. The van der Waals surface area contributed by atoms with Gasteiger partial charge in [-0.2, -0.15) is 5.10 Å². The number of aromatic amines is 1. The topological polar surface area (TPSA) is 66.1 Å². The fourth-order valence-electron chi connectivity index (χ4n) is 2.80. The van der Waals surface area contributed by atoms with Crippen LogP contribution >= 0.6 is 0 Å². The van der Waals surface area contributed by atoms with Crippen molar-refractivity contribution in [3.05, 3.63) is 42.1 Å². The van der Waals surface area contributed by atoms with Gasteiger partial charge in [0.05, 0.1) is 22.9 Å². The molecule has 6 heteroatoms. The summed E-state index contributed by atoms with van der Waals surface area (Å²) in [4.78, 5) is 2.21. The second-order valence-corrected chi connectivity index (χ2v) is 8.42. The summed E-state index contributed by atoms with van der Waals surface area (Å²) in [6, 6.07) is 10.1. The Labute approximate surface area is 131 Å². The van der Waals surface area contributed by atoms with Gasteiger partial charge in [0.15, 0.2) is 9.84 Å². The van der Waals surface area contributed by atoms with Crippen LogP contribution in [0.4, 0.5) is 0 Å². The lowest BCUT2D eigenvalue weighted by molar-refractivity contribution is 0.284. The molecular formula is C16H21N3O2S. The van der Waals surface area contributed by atoms with E-state index < -0.39 is 9.84 Å². The maximum atomic E-state index is 12.0. The number of hydrogen-bond acceptors (Lipinski definition) is 4. The number of H-pyrrole nitrogens is 1. The van der Waals surface area contributed by atoms with Crippen LogP contribution < -0.4 is 0 Å². The highest BCUT2D eigenvalue weighted by Crippen LogP contribution is 2.23. The predicted molar refractivity (Wildman–Crippen MR) is 87.2 cm³/mol. The maximum absolute atomic E-state index is 12.0. The van der Waals surface area contributed by atoms with Crippen LogP contribution in [-0.4, -0.2) is 47.6 Å². The van der Waals surface area contributed by atoms with E-state index >= 15 is 0 Å². The molecule has 0 bridgehead atoms. The zero-order chi connectivity index (χ0) is 15.6. The first-order valence-corrected chi connectivity index (χ1v) is 9.29. The molecule has 1 aromatic carbocycles. The molecule has 1 N–H and O–H groups in total. The minimum atomic E-state index is -2.94. The van der Waals surface area contributed by atoms with Crippen LogP contribution in [0.15, 0.2) is 36.5 Å². The SMILES string of the molecule is C[C@@H]1CCN(Cc2cn[nH]c2-c2ccccc2)CCS1(=O)=O. The van der Waals surface area contributed by atoms with Gasteiger partial charge in [0.25, 0.3) is 0 Å². The number of nitrogens with one attached hydrogen (secondary N) is 1. The monoisotopic (exact) mass is 319 g/mol. The molecule has 1 aliphatic rings. The number of aromatic nitrogens is 2. The van der Waals surface area contributed by atoms with Crippen molar-refractivity contribution in [1.82, 2.24) is 15.1 Å². The molecular weight excluding hydrogens is 298 g/mol. The van der Waals surface area contributed by atoms with Gasteiger partial charge >= 0.3 is 0 Å². The molecule has 3 rings (SSSR count). The van der Waals surface area contributed by atoms with Crippen LogP contribution in [-0.2, 0) is 16.4 Å². The van der Waals surface area contributed by atoms with Crippen molar-refractivity contribution in [2.45, 2.75) is 25.1 Å². The lowest BCUT2D eigenvalue weighted by Gasteiger charge is -2.19. The van der Waals surface area contributed by atoms with Crippen molar-refractivity contribution in [2.24, 2.45) is 0 Å². The summed E-state index contributed by atoms with van der Waals surface area (Å²) < 4.78 is 24.0. The van der Waals surface area contributed by atoms with E-state index in [1.165, 1.54) is 0 Å². The lowest BCUT2D eigenvalue weighted by atomic mass is 10.1. The Balaban J connectivity index is 1.76. The van der Waals surface area contributed by atoms with Crippen LogP contribution in [0.2, 0.25) is 0 Å². The van der Waals surface area contributed by atoms with Crippen LogP contribution in [0.5, 0.6) is 0 Å². The highest BCUT2D eigenvalue weighted by molar-refractivity contribution is 7.92. The maximum Gasteiger partial charge on any atom is 0.154 e. The summed E-state index contributed by atoms with van der Waals surface area (Å²) in [5.41, 5.74) is 3.23. The lowest BCUT2D eigenvalue weighted by Crippen LogP contribution is -2.26. The Morgan fingerprint density at radius 3 is 2.82 bits per heavy atom. The van der Waals surface area contributed by atoms with Gasteiger partial charge in [-0.25, -0.2) is 8.42 Å². The summed E-state index contributed by atoms with van der Waals surface area (Å²) in [6.07, 6.45) is 2.53. The first-order chi connectivity index (χ1) is 10.6. The fourth-order valence-corrected chi connectivity index (χ4v) is 4.18. The van der Waals surface area contributed by atoms with Gasteiger partial charge in [-0.1, -0.05) is 30.3 Å². The molecule has 0 amide bonds. The van der Waals surface area contributed by atoms with Gasteiger partial charge in [0, 0.05) is 18.7 Å². The first kappa shape index (κ1) is 15.2. The second-order valence-electron chi connectivity index (χ2n) is 5.88.